The van der Waals surface area contributed by atoms with Crippen LogP contribution in [0.1, 0.15) is 22.8 Å². The maximum atomic E-state index is 12.0. The van der Waals surface area contributed by atoms with Gasteiger partial charge in [-0.1, -0.05) is 31.2 Å². The first-order chi connectivity index (χ1) is 9.69. The fourth-order valence-electron chi connectivity index (χ4n) is 1.76. The molecule has 0 aliphatic heterocycles. The Morgan fingerprint density at radius 2 is 1.75 bits per heavy atom. The van der Waals surface area contributed by atoms with E-state index in [0.717, 1.165) is 12.1 Å². The lowest BCUT2D eigenvalue weighted by molar-refractivity contribution is 0.104. The smallest absolute Gasteiger partial charge is 0.187 e. The van der Waals surface area contributed by atoms with E-state index >= 15 is 0 Å². The standard InChI is InChI=1S/C17H16INO/c1-2-13-3-5-14(6-4-13)17(20)11-12-19-16-9-7-15(18)8-10-16/h3-12,19H,2H2,1H3/b12-11+. The average Bonchev–Trinajstić information content (AvgIpc) is 2.49. The zero-order valence-electron chi connectivity index (χ0n) is 11.3. The van der Waals surface area contributed by atoms with Crippen molar-refractivity contribution in [3.05, 3.63) is 75.5 Å². The van der Waals surface area contributed by atoms with E-state index in [4.69, 9.17) is 0 Å². The van der Waals surface area contributed by atoms with Gasteiger partial charge in [-0.2, -0.15) is 0 Å². The second-order valence-corrected chi connectivity index (χ2v) is 5.64. The van der Waals surface area contributed by atoms with Crippen LogP contribution in [0.3, 0.4) is 0 Å². The first-order valence-electron chi connectivity index (χ1n) is 6.51. The molecule has 0 aromatic heterocycles. The Balaban J connectivity index is 1.96. The monoisotopic (exact) mass is 377 g/mol. The molecule has 102 valence electrons. The minimum absolute atomic E-state index is 0.00525. The molecule has 0 fully saturated rings. The van der Waals surface area contributed by atoms with Crippen molar-refractivity contribution in [1.29, 1.82) is 0 Å². The number of carbonyl (C=O) groups is 1. The summed E-state index contributed by atoms with van der Waals surface area (Å²) in [6.45, 7) is 2.10. The van der Waals surface area contributed by atoms with Crippen LogP contribution >= 0.6 is 22.6 Å². The summed E-state index contributed by atoms with van der Waals surface area (Å²) >= 11 is 2.26. The zero-order chi connectivity index (χ0) is 14.4. The molecule has 2 aromatic carbocycles. The Hall–Kier alpha value is -1.62. The van der Waals surface area contributed by atoms with Crippen LogP contribution in [0.5, 0.6) is 0 Å². The summed E-state index contributed by atoms with van der Waals surface area (Å²) < 4.78 is 1.18. The molecule has 0 spiro atoms. The number of rotatable bonds is 5. The van der Waals surface area contributed by atoms with Crippen LogP contribution in [-0.4, -0.2) is 5.78 Å². The van der Waals surface area contributed by atoms with Gasteiger partial charge in [0.15, 0.2) is 5.78 Å². The molecule has 3 heteroatoms. The van der Waals surface area contributed by atoms with Crippen LogP contribution in [0.2, 0.25) is 0 Å². The molecule has 0 saturated heterocycles. The van der Waals surface area contributed by atoms with Gasteiger partial charge in [-0.3, -0.25) is 4.79 Å². The molecular weight excluding hydrogens is 361 g/mol. The third kappa shape index (κ3) is 4.20. The first kappa shape index (κ1) is 14.8. The molecule has 20 heavy (non-hydrogen) atoms. The number of halogens is 1. The van der Waals surface area contributed by atoms with Crippen molar-refractivity contribution >= 4 is 34.1 Å². The molecule has 2 rings (SSSR count). The number of hydrogen-bond donors (Lipinski definition) is 1. The zero-order valence-corrected chi connectivity index (χ0v) is 13.4. The molecular formula is C17H16INO. The molecule has 0 aliphatic carbocycles. The Morgan fingerprint density at radius 1 is 1.10 bits per heavy atom. The number of hydrogen-bond acceptors (Lipinski definition) is 2. The van der Waals surface area contributed by atoms with Crippen LogP contribution in [0.4, 0.5) is 5.69 Å². The van der Waals surface area contributed by atoms with Crippen molar-refractivity contribution in [1.82, 2.24) is 0 Å². The lowest BCUT2D eigenvalue weighted by Crippen LogP contribution is -1.96. The van der Waals surface area contributed by atoms with Crippen molar-refractivity contribution in [2.75, 3.05) is 5.32 Å². The normalized spacial score (nSPS) is 10.7. The number of allylic oxidation sites excluding steroid dienone is 1. The van der Waals surface area contributed by atoms with E-state index in [1.165, 1.54) is 9.13 Å². The second kappa shape index (κ2) is 7.24. The number of aryl methyl sites for hydroxylation is 1. The van der Waals surface area contributed by atoms with Crippen LogP contribution in [0.25, 0.3) is 0 Å². The quantitative estimate of drug-likeness (QED) is 0.467. The van der Waals surface area contributed by atoms with Gasteiger partial charge in [0.05, 0.1) is 0 Å². The van der Waals surface area contributed by atoms with E-state index < -0.39 is 0 Å². The molecule has 0 unspecified atom stereocenters. The molecule has 0 atom stereocenters. The van der Waals surface area contributed by atoms with Crippen LogP contribution in [0.15, 0.2) is 60.8 Å². The summed E-state index contributed by atoms with van der Waals surface area (Å²) in [6, 6.07) is 15.7. The second-order valence-electron chi connectivity index (χ2n) is 4.40. The Labute approximate surface area is 133 Å². The van der Waals surface area contributed by atoms with Gasteiger partial charge < -0.3 is 5.32 Å². The Kier molecular flexibility index (Phi) is 5.35. The highest BCUT2D eigenvalue weighted by Gasteiger charge is 2.00. The van der Waals surface area contributed by atoms with E-state index in [0.29, 0.717) is 5.56 Å². The van der Waals surface area contributed by atoms with E-state index in [9.17, 15) is 4.79 Å². The summed E-state index contributed by atoms with van der Waals surface area (Å²) in [5.41, 5.74) is 2.92. The minimum atomic E-state index is 0.00525. The highest BCUT2D eigenvalue weighted by molar-refractivity contribution is 14.1. The summed E-state index contributed by atoms with van der Waals surface area (Å²) in [5, 5.41) is 3.09. The molecule has 1 N–H and O–H groups in total. The van der Waals surface area contributed by atoms with E-state index in [1.54, 1.807) is 12.3 Å². The number of benzene rings is 2. The van der Waals surface area contributed by atoms with Gasteiger partial charge in [0.1, 0.15) is 0 Å². The highest BCUT2D eigenvalue weighted by Crippen LogP contribution is 2.11. The molecule has 0 saturated carbocycles. The van der Waals surface area contributed by atoms with Gasteiger partial charge in [-0.25, -0.2) is 0 Å². The van der Waals surface area contributed by atoms with Crippen molar-refractivity contribution in [3.8, 4) is 0 Å². The van der Waals surface area contributed by atoms with Crippen LogP contribution in [0, 0.1) is 3.57 Å². The third-order valence-corrected chi connectivity index (χ3v) is 3.69. The van der Waals surface area contributed by atoms with Gasteiger partial charge >= 0.3 is 0 Å². The van der Waals surface area contributed by atoms with Gasteiger partial charge in [0.2, 0.25) is 0 Å². The number of carbonyl (C=O) groups excluding carboxylic acids is 1. The summed E-state index contributed by atoms with van der Waals surface area (Å²) in [4.78, 5) is 12.0. The van der Waals surface area contributed by atoms with Gasteiger partial charge in [-0.15, -0.1) is 0 Å². The lowest BCUT2D eigenvalue weighted by atomic mass is 10.1. The van der Waals surface area contributed by atoms with Crippen LogP contribution < -0.4 is 5.32 Å². The highest BCUT2D eigenvalue weighted by atomic mass is 127. The Bertz CT molecular complexity index is 600. The van der Waals surface area contributed by atoms with Crippen molar-refractivity contribution in [2.45, 2.75) is 13.3 Å². The van der Waals surface area contributed by atoms with Crippen LogP contribution in [-0.2, 0) is 6.42 Å². The van der Waals surface area contributed by atoms with Crippen molar-refractivity contribution < 1.29 is 4.79 Å². The Morgan fingerprint density at radius 3 is 2.35 bits per heavy atom. The minimum Gasteiger partial charge on any atom is -0.362 e. The number of anilines is 1. The SMILES string of the molecule is CCc1ccc(C(=O)/C=C/Nc2ccc(I)cc2)cc1. The van der Waals surface area contributed by atoms with Crippen molar-refractivity contribution in [2.24, 2.45) is 0 Å². The maximum absolute atomic E-state index is 12.0. The molecule has 2 nitrogen and oxygen atoms in total. The maximum Gasteiger partial charge on any atom is 0.187 e. The summed E-state index contributed by atoms with van der Waals surface area (Å²) in [5.74, 6) is 0.00525. The average molecular weight is 377 g/mol. The molecule has 0 heterocycles. The molecule has 0 radical (unpaired) electrons. The number of nitrogens with one attached hydrogen (secondary N) is 1. The molecule has 2 aromatic rings. The third-order valence-electron chi connectivity index (χ3n) is 2.98. The fourth-order valence-corrected chi connectivity index (χ4v) is 2.12. The summed E-state index contributed by atoms with van der Waals surface area (Å²) in [7, 11) is 0. The fraction of sp³-hybridized carbons (Fsp3) is 0.118. The summed E-state index contributed by atoms with van der Waals surface area (Å²) in [6.07, 6.45) is 4.22. The predicted octanol–water partition coefficient (Wildman–Crippen LogP) is 4.66. The van der Waals surface area contributed by atoms with E-state index in [-0.39, 0.29) is 5.78 Å². The molecule has 0 aliphatic rings. The topological polar surface area (TPSA) is 29.1 Å². The largest absolute Gasteiger partial charge is 0.362 e. The first-order valence-corrected chi connectivity index (χ1v) is 7.59. The van der Waals surface area contributed by atoms with Gasteiger partial charge in [0, 0.05) is 27.1 Å². The number of ketones is 1. The predicted molar refractivity (Wildman–Crippen MR) is 92.1 cm³/mol. The lowest BCUT2D eigenvalue weighted by Gasteiger charge is -2.01. The van der Waals surface area contributed by atoms with E-state index in [1.807, 2.05) is 48.5 Å². The van der Waals surface area contributed by atoms with Gasteiger partial charge in [0.25, 0.3) is 0 Å². The van der Waals surface area contributed by atoms with Crippen molar-refractivity contribution in [3.63, 3.8) is 0 Å². The molecule has 0 bridgehead atoms. The van der Waals surface area contributed by atoms with Gasteiger partial charge in [-0.05, 0) is 58.8 Å². The molecule has 0 amide bonds. The van der Waals surface area contributed by atoms with E-state index in [2.05, 4.69) is 34.8 Å².